The van der Waals surface area contributed by atoms with Crippen molar-refractivity contribution in [2.45, 2.75) is 19.4 Å². The topological polar surface area (TPSA) is 97.6 Å². The lowest BCUT2D eigenvalue weighted by atomic mass is 9.97. The first-order chi connectivity index (χ1) is 15.5. The molecule has 1 unspecified atom stereocenters. The van der Waals surface area contributed by atoms with Gasteiger partial charge in [0.2, 0.25) is 17.6 Å². The van der Waals surface area contributed by atoms with Crippen molar-refractivity contribution in [2.24, 2.45) is 5.92 Å². The van der Waals surface area contributed by atoms with Gasteiger partial charge in [0.25, 0.3) is 0 Å². The Hall–Kier alpha value is -3.59. The first-order valence-electron chi connectivity index (χ1n) is 10.3. The molecule has 1 N–H and O–H groups in total. The molecule has 9 heteroatoms. The molecule has 1 fully saturated rings. The van der Waals surface area contributed by atoms with Crippen LogP contribution in [0, 0.1) is 11.7 Å². The van der Waals surface area contributed by atoms with Crippen LogP contribution in [-0.2, 0) is 16.1 Å². The van der Waals surface area contributed by atoms with Crippen LogP contribution in [0.4, 0.5) is 10.1 Å². The second-order valence-corrected chi connectivity index (χ2v) is 7.65. The van der Waals surface area contributed by atoms with Crippen LogP contribution in [0.3, 0.4) is 0 Å². The van der Waals surface area contributed by atoms with E-state index in [1.54, 1.807) is 36.4 Å². The van der Waals surface area contributed by atoms with Gasteiger partial charge < -0.3 is 14.6 Å². The summed E-state index contributed by atoms with van der Waals surface area (Å²) in [6.45, 7) is 1.83. The van der Waals surface area contributed by atoms with E-state index >= 15 is 0 Å². The van der Waals surface area contributed by atoms with E-state index in [2.05, 4.69) is 25.1 Å². The fourth-order valence-corrected chi connectivity index (χ4v) is 3.69. The van der Waals surface area contributed by atoms with Gasteiger partial charge in [-0.2, -0.15) is 4.98 Å². The summed E-state index contributed by atoms with van der Waals surface area (Å²) in [7, 11) is 1.32. The number of esters is 1. The highest BCUT2D eigenvalue weighted by molar-refractivity contribution is 5.94. The maximum absolute atomic E-state index is 13.1. The van der Waals surface area contributed by atoms with Crippen molar-refractivity contribution in [1.29, 1.82) is 0 Å². The minimum Gasteiger partial charge on any atom is -0.465 e. The maximum atomic E-state index is 13.1. The van der Waals surface area contributed by atoms with E-state index in [4.69, 9.17) is 4.52 Å². The molecule has 4 rings (SSSR count). The Labute approximate surface area is 184 Å². The standard InChI is InChI=1S/C23H23FN4O4/c1-31-23(30)16-6-10-19(11-7-16)25-22(29)17-3-2-12-28(13-17)14-20-26-21(27-32-20)15-4-8-18(24)9-5-15/h4-11,17H,2-3,12-14H2,1H3,(H,25,29). The van der Waals surface area contributed by atoms with Gasteiger partial charge in [0.1, 0.15) is 5.82 Å². The fourth-order valence-electron chi connectivity index (χ4n) is 3.69. The SMILES string of the molecule is COC(=O)c1ccc(NC(=O)C2CCCN(Cc3nc(-c4ccc(F)cc4)no3)C2)cc1. The summed E-state index contributed by atoms with van der Waals surface area (Å²) < 4.78 is 23.1. The summed E-state index contributed by atoms with van der Waals surface area (Å²) in [6.07, 6.45) is 1.66. The van der Waals surface area contributed by atoms with E-state index in [-0.39, 0.29) is 17.6 Å². The highest BCUT2D eigenvalue weighted by atomic mass is 19.1. The number of halogens is 1. The van der Waals surface area contributed by atoms with Crippen LogP contribution in [0.5, 0.6) is 0 Å². The van der Waals surface area contributed by atoms with Crippen LogP contribution < -0.4 is 5.32 Å². The van der Waals surface area contributed by atoms with Gasteiger partial charge in [-0.05, 0) is 67.9 Å². The molecule has 0 radical (unpaired) electrons. The van der Waals surface area contributed by atoms with Crippen molar-refractivity contribution in [2.75, 3.05) is 25.5 Å². The summed E-state index contributed by atoms with van der Waals surface area (Å²) in [6, 6.07) is 12.5. The lowest BCUT2D eigenvalue weighted by Crippen LogP contribution is -2.40. The van der Waals surface area contributed by atoms with Gasteiger partial charge in [-0.15, -0.1) is 0 Å². The zero-order valence-corrected chi connectivity index (χ0v) is 17.6. The van der Waals surface area contributed by atoms with Crippen molar-refractivity contribution in [3.63, 3.8) is 0 Å². The molecule has 1 aromatic heterocycles. The Bertz CT molecular complexity index is 1080. The van der Waals surface area contributed by atoms with Gasteiger partial charge in [-0.3, -0.25) is 9.69 Å². The van der Waals surface area contributed by atoms with Gasteiger partial charge in [0.15, 0.2) is 0 Å². The Kier molecular flexibility index (Phi) is 6.55. The van der Waals surface area contributed by atoms with E-state index in [1.807, 2.05) is 0 Å². The van der Waals surface area contributed by atoms with E-state index in [0.29, 0.717) is 41.6 Å². The molecule has 0 aliphatic carbocycles. The van der Waals surface area contributed by atoms with E-state index in [1.165, 1.54) is 19.2 Å². The number of ether oxygens (including phenoxy) is 1. The molecule has 1 amide bonds. The van der Waals surface area contributed by atoms with Crippen LogP contribution in [0.15, 0.2) is 53.1 Å². The fraction of sp³-hybridized carbons (Fsp3) is 0.304. The zero-order valence-electron chi connectivity index (χ0n) is 17.6. The molecule has 2 heterocycles. The number of carbonyl (C=O) groups is 2. The van der Waals surface area contributed by atoms with Crippen molar-refractivity contribution >= 4 is 17.6 Å². The van der Waals surface area contributed by atoms with Crippen LogP contribution in [0.25, 0.3) is 11.4 Å². The van der Waals surface area contributed by atoms with Crippen molar-refractivity contribution in [3.8, 4) is 11.4 Å². The first kappa shape index (κ1) is 21.6. The largest absolute Gasteiger partial charge is 0.465 e. The Morgan fingerprint density at radius 1 is 1.19 bits per heavy atom. The van der Waals surface area contributed by atoms with E-state index in [0.717, 1.165) is 19.4 Å². The van der Waals surface area contributed by atoms with Gasteiger partial charge in [-0.1, -0.05) is 5.16 Å². The van der Waals surface area contributed by atoms with Crippen LogP contribution in [-0.4, -0.2) is 47.1 Å². The molecule has 1 aliphatic heterocycles. The molecule has 32 heavy (non-hydrogen) atoms. The van der Waals surface area contributed by atoms with Gasteiger partial charge in [0.05, 0.1) is 25.1 Å². The monoisotopic (exact) mass is 438 g/mol. The first-order valence-corrected chi connectivity index (χ1v) is 10.3. The number of anilines is 1. The van der Waals surface area contributed by atoms with Crippen LogP contribution in [0.2, 0.25) is 0 Å². The number of amides is 1. The summed E-state index contributed by atoms with van der Waals surface area (Å²) in [5.74, 6) is -0.143. The predicted molar refractivity (Wildman–Crippen MR) is 114 cm³/mol. The van der Waals surface area contributed by atoms with Crippen molar-refractivity contribution in [1.82, 2.24) is 15.0 Å². The zero-order chi connectivity index (χ0) is 22.5. The summed E-state index contributed by atoms with van der Waals surface area (Å²) in [5, 5.41) is 6.88. The lowest BCUT2D eigenvalue weighted by molar-refractivity contribution is -0.121. The molecule has 1 atom stereocenters. The summed E-state index contributed by atoms with van der Waals surface area (Å²) in [4.78, 5) is 30.8. The normalized spacial score (nSPS) is 16.5. The average molecular weight is 438 g/mol. The number of nitrogens with zero attached hydrogens (tertiary/aromatic N) is 3. The van der Waals surface area contributed by atoms with Gasteiger partial charge in [-0.25, -0.2) is 9.18 Å². The summed E-state index contributed by atoms with van der Waals surface area (Å²) in [5.41, 5.74) is 1.73. The van der Waals surface area contributed by atoms with Gasteiger partial charge >= 0.3 is 5.97 Å². The molecular formula is C23H23FN4O4. The maximum Gasteiger partial charge on any atom is 0.337 e. The number of likely N-dealkylation sites (tertiary alicyclic amines) is 1. The summed E-state index contributed by atoms with van der Waals surface area (Å²) >= 11 is 0. The second-order valence-electron chi connectivity index (χ2n) is 7.65. The highest BCUT2D eigenvalue weighted by Crippen LogP contribution is 2.22. The molecule has 3 aromatic rings. The molecule has 0 saturated carbocycles. The minimum atomic E-state index is -0.422. The number of methoxy groups -OCH3 is 1. The van der Waals surface area contributed by atoms with Gasteiger partial charge in [0, 0.05) is 17.8 Å². The molecule has 2 aromatic carbocycles. The minimum absolute atomic E-state index is 0.0713. The average Bonchev–Trinajstić information content (AvgIpc) is 3.28. The Morgan fingerprint density at radius 2 is 1.94 bits per heavy atom. The number of benzene rings is 2. The van der Waals surface area contributed by atoms with E-state index in [9.17, 15) is 14.0 Å². The van der Waals surface area contributed by atoms with Crippen LogP contribution in [0.1, 0.15) is 29.1 Å². The predicted octanol–water partition coefficient (Wildman–Crippen LogP) is 3.51. The quantitative estimate of drug-likeness (QED) is 0.588. The number of aromatic nitrogens is 2. The third-order valence-corrected chi connectivity index (χ3v) is 5.38. The number of hydrogen-bond donors (Lipinski definition) is 1. The number of carbonyl (C=O) groups excluding carboxylic acids is 2. The Morgan fingerprint density at radius 3 is 2.66 bits per heavy atom. The molecule has 166 valence electrons. The van der Waals surface area contributed by atoms with E-state index < -0.39 is 5.97 Å². The van der Waals surface area contributed by atoms with Crippen LogP contribution >= 0.6 is 0 Å². The number of hydrogen-bond acceptors (Lipinski definition) is 7. The highest BCUT2D eigenvalue weighted by Gasteiger charge is 2.27. The Balaban J connectivity index is 1.33. The molecule has 0 spiro atoms. The third-order valence-electron chi connectivity index (χ3n) is 5.38. The lowest BCUT2D eigenvalue weighted by Gasteiger charge is -2.30. The molecule has 8 nitrogen and oxygen atoms in total. The van der Waals surface area contributed by atoms with Crippen molar-refractivity contribution in [3.05, 3.63) is 65.8 Å². The molecular weight excluding hydrogens is 415 g/mol. The smallest absolute Gasteiger partial charge is 0.337 e. The number of nitrogens with one attached hydrogen (secondary N) is 1. The number of rotatable bonds is 6. The second kappa shape index (κ2) is 9.69. The molecule has 1 aliphatic rings. The third kappa shape index (κ3) is 5.17. The molecule has 0 bridgehead atoms. The van der Waals surface area contributed by atoms with Crippen molar-refractivity contribution < 1.29 is 23.2 Å². The molecule has 1 saturated heterocycles. The number of piperidine rings is 1.